The van der Waals surface area contributed by atoms with E-state index in [1.807, 2.05) is 0 Å². The van der Waals surface area contributed by atoms with Crippen molar-refractivity contribution in [2.24, 2.45) is 0 Å². The number of carbonyl (C=O) groups is 4. The summed E-state index contributed by atoms with van der Waals surface area (Å²) in [7, 11) is 0. The van der Waals surface area contributed by atoms with Gasteiger partial charge in [0, 0.05) is 19.3 Å². The van der Waals surface area contributed by atoms with Crippen molar-refractivity contribution in [1.82, 2.24) is 0 Å². The minimum Gasteiger partial charge on any atom is -0.479 e. The summed E-state index contributed by atoms with van der Waals surface area (Å²) in [4.78, 5) is 51.2. The van der Waals surface area contributed by atoms with E-state index in [1.54, 1.807) is 0 Å². The SMILES string of the molecule is CC/C=C\C/C=C\C/C=C\C/C=C\CCCCC(=O)OC1C(OCC(COC(=O)CCCCCCCC/C=C\C/C=C\C/C=C\CCCCC)OC(=O)CCCCCCC/C=C\CCCCCCCC)OC(C(=O)O)C(O)C1O. The number of ether oxygens (including phenoxy) is 5. The summed E-state index contributed by atoms with van der Waals surface area (Å²) in [5, 5.41) is 31.5. The fourth-order valence-corrected chi connectivity index (χ4v) is 8.83. The Morgan fingerprint density at radius 2 is 0.797 bits per heavy atom. The topological polar surface area (TPSA) is 175 Å². The van der Waals surface area contributed by atoms with Crippen molar-refractivity contribution in [3.63, 3.8) is 0 Å². The zero-order valence-corrected chi connectivity index (χ0v) is 49.6. The van der Waals surface area contributed by atoms with Crippen molar-refractivity contribution >= 4 is 23.9 Å². The minimum atomic E-state index is -1.92. The van der Waals surface area contributed by atoms with E-state index >= 15 is 0 Å². The fourth-order valence-electron chi connectivity index (χ4n) is 8.83. The third-order valence-corrected chi connectivity index (χ3v) is 13.6. The first kappa shape index (κ1) is 72.7. The van der Waals surface area contributed by atoms with Gasteiger partial charge in [0.25, 0.3) is 0 Å². The van der Waals surface area contributed by atoms with E-state index in [1.165, 1.54) is 64.2 Å². The number of hydrogen-bond acceptors (Lipinski definition) is 11. The van der Waals surface area contributed by atoms with Gasteiger partial charge in [0.05, 0.1) is 6.61 Å². The van der Waals surface area contributed by atoms with E-state index in [4.69, 9.17) is 23.7 Å². The van der Waals surface area contributed by atoms with E-state index in [0.29, 0.717) is 25.7 Å². The Bertz CT molecular complexity index is 1740. The molecule has 0 bridgehead atoms. The van der Waals surface area contributed by atoms with E-state index in [2.05, 4.69) is 118 Å². The van der Waals surface area contributed by atoms with Crippen LogP contribution in [-0.4, -0.2) is 89.2 Å². The number of esters is 3. The van der Waals surface area contributed by atoms with Crippen LogP contribution in [0.1, 0.15) is 252 Å². The van der Waals surface area contributed by atoms with Crippen LogP contribution in [0.5, 0.6) is 0 Å². The van der Waals surface area contributed by atoms with Crippen LogP contribution in [0.2, 0.25) is 0 Å². The normalized spacial score (nSPS) is 18.5. The molecular formula is C67H110O12. The lowest BCUT2D eigenvalue weighted by atomic mass is 9.98. The van der Waals surface area contributed by atoms with Gasteiger partial charge in [0.2, 0.25) is 0 Å². The number of unbranched alkanes of at least 4 members (excludes halogenated alkanes) is 22. The molecule has 0 amide bonds. The van der Waals surface area contributed by atoms with Crippen LogP contribution >= 0.6 is 0 Å². The first-order chi connectivity index (χ1) is 38.6. The molecule has 1 heterocycles. The van der Waals surface area contributed by atoms with Crippen LogP contribution in [0.3, 0.4) is 0 Å². The first-order valence-electron chi connectivity index (χ1n) is 31.2. The maximum atomic E-state index is 13.2. The lowest BCUT2D eigenvalue weighted by Crippen LogP contribution is -2.61. The molecule has 0 radical (unpaired) electrons. The number of aliphatic carboxylic acids is 1. The number of aliphatic hydroxyl groups excluding tert-OH is 2. The van der Waals surface area contributed by atoms with Crippen molar-refractivity contribution in [3.05, 3.63) is 97.2 Å². The van der Waals surface area contributed by atoms with Gasteiger partial charge in [-0.05, 0) is 122 Å². The van der Waals surface area contributed by atoms with Gasteiger partial charge in [-0.15, -0.1) is 0 Å². The second-order valence-electron chi connectivity index (χ2n) is 20.9. The maximum absolute atomic E-state index is 13.2. The number of carbonyl (C=O) groups excluding carboxylic acids is 3. The molecule has 1 aliphatic rings. The molecule has 1 aliphatic heterocycles. The zero-order chi connectivity index (χ0) is 57.5. The highest BCUT2D eigenvalue weighted by Crippen LogP contribution is 2.26. The van der Waals surface area contributed by atoms with Crippen molar-refractivity contribution in [3.8, 4) is 0 Å². The predicted octanol–water partition coefficient (Wildman–Crippen LogP) is 16.5. The summed E-state index contributed by atoms with van der Waals surface area (Å²) in [5.41, 5.74) is 0. The van der Waals surface area contributed by atoms with Crippen LogP contribution < -0.4 is 0 Å². The molecule has 450 valence electrons. The van der Waals surface area contributed by atoms with Gasteiger partial charge in [-0.1, -0.05) is 208 Å². The molecule has 12 nitrogen and oxygen atoms in total. The van der Waals surface area contributed by atoms with E-state index in [9.17, 15) is 34.5 Å². The number of carboxylic acid groups (broad SMARTS) is 1. The molecular weight excluding hydrogens is 997 g/mol. The lowest BCUT2D eigenvalue weighted by molar-refractivity contribution is -0.301. The third-order valence-electron chi connectivity index (χ3n) is 13.6. The summed E-state index contributed by atoms with van der Waals surface area (Å²) in [5.74, 6) is -3.20. The highest BCUT2D eigenvalue weighted by atomic mass is 16.7. The van der Waals surface area contributed by atoms with Gasteiger partial charge in [-0.25, -0.2) is 4.79 Å². The molecule has 12 heteroatoms. The monoisotopic (exact) mass is 1110 g/mol. The van der Waals surface area contributed by atoms with Crippen LogP contribution in [0.25, 0.3) is 0 Å². The fraction of sp³-hybridized carbons (Fsp3) is 0.701. The number of rotatable bonds is 52. The quantitative estimate of drug-likeness (QED) is 0.0228. The van der Waals surface area contributed by atoms with Gasteiger partial charge >= 0.3 is 23.9 Å². The summed E-state index contributed by atoms with van der Waals surface area (Å²) >= 11 is 0. The van der Waals surface area contributed by atoms with Crippen molar-refractivity contribution < 1.29 is 58.2 Å². The molecule has 0 aromatic carbocycles. The van der Waals surface area contributed by atoms with Gasteiger partial charge in [-0.2, -0.15) is 0 Å². The van der Waals surface area contributed by atoms with E-state index in [-0.39, 0.29) is 25.9 Å². The molecule has 1 saturated heterocycles. The predicted molar refractivity (Wildman–Crippen MR) is 321 cm³/mol. The molecule has 6 unspecified atom stereocenters. The molecule has 0 aliphatic carbocycles. The number of aliphatic hydroxyl groups is 2. The molecule has 0 aromatic rings. The van der Waals surface area contributed by atoms with Crippen LogP contribution in [0.4, 0.5) is 0 Å². The second-order valence-corrected chi connectivity index (χ2v) is 20.9. The average Bonchev–Trinajstić information content (AvgIpc) is 3.44. The molecule has 3 N–H and O–H groups in total. The van der Waals surface area contributed by atoms with Crippen LogP contribution in [-0.2, 0) is 42.9 Å². The van der Waals surface area contributed by atoms with Gasteiger partial charge < -0.3 is 39.0 Å². The Morgan fingerprint density at radius 3 is 1.28 bits per heavy atom. The summed E-state index contributed by atoms with van der Waals surface area (Å²) in [6.45, 7) is 5.82. The molecule has 1 rings (SSSR count). The number of hydrogen-bond donors (Lipinski definition) is 3. The molecule has 0 saturated carbocycles. The molecule has 0 spiro atoms. The Labute approximate surface area is 479 Å². The Balaban J connectivity index is 2.71. The largest absolute Gasteiger partial charge is 0.479 e. The van der Waals surface area contributed by atoms with E-state index < -0.39 is 67.3 Å². The van der Waals surface area contributed by atoms with Gasteiger partial charge in [0.15, 0.2) is 24.6 Å². The van der Waals surface area contributed by atoms with Crippen LogP contribution in [0, 0.1) is 0 Å². The van der Waals surface area contributed by atoms with Crippen molar-refractivity contribution in [2.45, 2.75) is 289 Å². The Morgan fingerprint density at radius 1 is 0.430 bits per heavy atom. The van der Waals surface area contributed by atoms with Crippen molar-refractivity contribution in [1.29, 1.82) is 0 Å². The average molecular weight is 1110 g/mol. The Hall–Kier alpha value is -4.36. The highest BCUT2D eigenvalue weighted by molar-refractivity contribution is 5.74. The van der Waals surface area contributed by atoms with Gasteiger partial charge in [-0.3, -0.25) is 14.4 Å². The highest BCUT2D eigenvalue weighted by Gasteiger charge is 2.50. The zero-order valence-electron chi connectivity index (χ0n) is 49.6. The first-order valence-corrected chi connectivity index (χ1v) is 31.2. The van der Waals surface area contributed by atoms with E-state index in [0.717, 1.165) is 122 Å². The molecule has 6 atom stereocenters. The maximum Gasteiger partial charge on any atom is 0.335 e. The lowest BCUT2D eigenvalue weighted by Gasteiger charge is -2.40. The van der Waals surface area contributed by atoms with Crippen LogP contribution in [0.15, 0.2) is 97.2 Å². The Kier molecular flexibility index (Phi) is 49.9. The van der Waals surface area contributed by atoms with Crippen molar-refractivity contribution in [2.75, 3.05) is 13.2 Å². The third kappa shape index (κ3) is 44.0. The molecule has 0 aromatic heterocycles. The summed E-state index contributed by atoms with van der Waals surface area (Å²) in [6.07, 6.45) is 59.4. The molecule has 1 fully saturated rings. The smallest absolute Gasteiger partial charge is 0.335 e. The summed E-state index contributed by atoms with van der Waals surface area (Å²) < 4.78 is 28.4. The minimum absolute atomic E-state index is 0.00228. The number of carboxylic acids is 1. The summed E-state index contributed by atoms with van der Waals surface area (Å²) in [6, 6.07) is 0. The standard InChI is InChI=1S/C67H110O12/c1-4-7-10-13-16-19-22-25-28-29-30-31-34-35-38-41-44-47-50-53-59(68)75-56-58(77-60(69)54-51-48-45-42-39-36-32-26-23-20-17-14-11-8-5-2)57-76-67-65(63(72)62(71)64(79-67)66(73)74)78-61(70)55-52-49-46-43-40-37-33-27-24-21-18-15-12-9-6-3/h9,12,16,18-19,21,25-28,30-33,40,43,58,62-65,67,71-72H,4-8,10-11,13-15,17,20,22-24,29,34-39,41-42,44-57H2,1-3H3,(H,73,74)/b12-9-,19-16-,21-18-,28-25-,31-30-,32-26-,33-27-,43-40-. The molecule has 79 heavy (non-hydrogen) atoms. The number of allylic oxidation sites excluding steroid dienone is 16. The van der Waals surface area contributed by atoms with Gasteiger partial charge in [0.1, 0.15) is 18.8 Å². The second kappa shape index (κ2) is 54.2.